The van der Waals surface area contributed by atoms with Crippen molar-refractivity contribution in [1.82, 2.24) is 0 Å². The zero-order valence-electron chi connectivity index (χ0n) is 8.82. The van der Waals surface area contributed by atoms with Crippen LogP contribution in [0.3, 0.4) is 0 Å². The third-order valence-electron chi connectivity index (χ3n) is 2.70. The number of nitrogens with one attached hydrogen (secondary N) is 1. The Hall–Kier alpha value is -2.16. The number of Topliss-reactive ketones (excluding diaryl/α,β-unsaturated/α-hetero) is 1. The molecule has 1 aliphatic heterocycles. The molecule has 0 amide bonds. The van der Waals surface area contributed by atoms with E-state index >= 15 is 0 Å². The van der Waals surface area contributed by atoms with E-state index in [0.717, 1.165) is 22.1 Å². The van der Waals surface area contributed by atoms with Crippen LogP contribution >= 0.6 is 0 Å². The van der Waals surface area contributed by atoms with E-state index in [9.17, 15) is 4.79 Å². The van der Waals surface area contributed by atoms with E-state index in [2.05, 4.69) is 10.3 Å². The molecule has 0 fully saturated rings. The molecule has 0 saturated carbocycles. The summed E-state index contributed by atoms with van der Waals surface area (Å²) in [6, 6.07) is 11.9. The lowest BCUT2D eigenvalue weighted by Crippen LogP contribution is -2.22. The summed E-state index contributed by atoms with van der Waals surface area (Å²) in [6.45, 7) is 1.51. The molecule has 2 aromatic carbocycles. The number of ketones is 1. The van der Waals surface area contributed by atoms with Gasteiger partial charge in [-0.25, -0.2) is 4.99 Å². The van der Waals surface area contributed by atoms with E-state index in [4.69, 9.17) is 0 Å². The van der Waals surface area contributed by atoms with Gasteiger partial charge in [-0.2, -0.15) is 0 Å². The summed E-state index contributed by atoms with van der Waals surface area (Å²) in [6.07, 6.45) is 0. The van der Waals surface area contributed by atoms with Gasteiger partial charge < -0.3 is 5.32 Å². The van der Waals surface area contributed by atoms with Crippen LogP contribution in [0.15, 0.2) is 41.4 Å². The molecule has 0 atom stereocenters. The highest BCUT2D eigenvalue weighted by Gasteiger charge is 2.16. The normalized spacial score (nSPS) is 13.2. The fourth-order valence-electron chi connectivity index (χ4n) is 1.96. The highest BCUT2D eigenvalue weighted by atomic mass is 16.1. The van der Waals surface area contributed by atoms with Crippen LogP contribution in [0.5, 0.6) is 0 Å². The summed E-state index contributed by atoms with van der Waals surface area (Å²) in [4.78, 5) is 15.7. The van der Waals surface area contributed by atoms with E-state index in [1.807, 2.05) is 36.4 Å². The van der Waals surface area contributed by atoms with Gasteiger partial charge in [0.2, 0.25) is 0 Å². The highest BCUT2D eigenvalue weighted by Crippen LogP contribution is 2.35. The van der Waals surface area contributed by atoms with Gasteiger partial charge >= 0.3 is 0 Å². The lowest BCUT2D eigenvalue weighted by Gasteiger charge is -2.17. The number of benzene rings is 2. The van der Waals surface area contributed by atoms with Crippen molar-refractivity contribution >= 4 is 33.8 Å². The summed E-state index contributed by atoms with van der Waals surface area (Å²) in [5, 5.41) is 5.27. The van der Waals surface area contributed by atoms with Gasteiger partial charge in [0.15, 0.2) is 11.6 Å². The Balaban J connectivity index is 2.36. The van der Waals surface area contributed by atoms with Crippen molar-refractivity contribution in [3.8, 4) is 0 Å². The maximum atomic E-state index is 11.3. The van der Waals surface area contributed by atoms with Gasteiger partial charge in [-0.15, -0.1) is 0 Å². The number of hydrogen-bond acceptors (Lipinski definition) is 3. The van der Waals surface area contributed by atoms with Gasteiger partial charge in [-0.1, -0.05) is 24.3 Å². The van der Waals surface area contributed by atoms with Gasteiger partial charge in [0, 0.05) is 18.0 Å². The lowest BCUT2D eigenvalue weighted by molar-refractivity contribution is -0.111. The first-order valence-corrected chi connectivity index (χ1v) is 5.14. The standard InChI is InChI=1S/C13H10N2O/c1-8(16)13-14-10-6-2-4-9-5-3-7-11(15-13)12(9)10/h2-7H,1H3,(H,14,15). The Morgan fingerprint density at radius 2 is 1.94 bits per heavy atom. The van der Waals surface area contributed by atoms with Crippen LogP contribution in [-0.2, 0) is 4.79 Å². The number of nitrogens with zero attached hydrogens (tertiary/aromatic N) is 1. The minimum atomic E-state index is -0.0495. The molecule has 3 rings (SSSR count). The second-order valence-electron chi connectivity index (χ2n) is 3.82. The Morgan fingerprint density at radius 1 is 1.19 bits per heavy atom. The third-order valence-corrected chi connectivity index (χ3v) is 2.70. The molecule has 0 aliphatic carbocycles. The minimum Gasteiger partial charge on any atom is -0.337 e. The molecule has 0 spiro atoms. The number of carbonyl (C=O) groups is 1. The molecule has 16 heavy (non-hydrogen) atoms. The molecule has 78 valence electrons. The van der Waals surface area contributed by atoms with Crippen molar-refractivity contribution in [2.75, 3.05) is 5.32 Å². The van der Waals surface area contributed by atoms with Crippen molar-refractivity contribution in [3.05, 3.63) is 36.4 Å². The second-order valence-corrected chi connectivity index (χ2v) is 3.82. The molecule has 1 heterocycles. The van der Waals surface area contributed by atoms with Crippen molar-refractivity contribution in [2.24, 2.45) is 4.99 Å². The lowest BCUT2D eigenvalue weighted by atomic mass is 10.1. The molecule has 0 radical (unpaired) electrons. The Morgan fingerprint density at radius 3 is 2.69 bits per heavy atom. The first-order chi connectivity index (χ1) is 7.75. The van der Waals surface area contributed by atoms with Gasteiger partial charge in [-0.3, -0.25) is 4.79 Å². The number of amidine groups is 1. The molecule has 0 saturated heterocycles. The number of aliphatic imine (C=N–C) groups is 1. The Labute approximate surface area is 92.8 Å². The fourth-order valence-corrected chi connectivity index (χ4v) is 1.96. The number of hydrogen-bond donors (Lipinski definition) is 1. The summed E-state index contributed by atoms with van der Waals surface area (Å²) in [5.74, 6) is 0.359. The van der Waals surface area contributed by atoms with Gasteiger partial charge in [-0.05, 0) is 17.5 Å². The molecular formula is C13H10N2O. The van der Waals surface area contributed by atoms with Gasteiger partial charge in [0.25, 0.3) is 0 Å². The molecule has 3 nitrogen and oxygen atoms in total. The average molecular weight is 210 g/mol. The molecule has 0 bridgehead atoms. The highest BCUT2D eigenvalue weighted by molar-refractivity contribution is 6.44. The van der Waals surface area contributed by atoms with Crippen LogP contribution in [-0.4, -0.2) is 11.6 Å². The largest absolute Gasteiger partial charge is 0.337 e. The summed E-state index contributed by atoms with van der Waals surface area (Å²) < 4.78 is 0. The minimum absolute atomic E-state index is 0.0495. The molecular weight excluding hydrogens is 200 g/mol. The van der Waals surface area contributed by atoms with Crippen LogP contribution in [0, 0.1) is 0 Å². The molecule has 2 aromatic rings. The van der Waals surface area contributed by atoms with Gasteiger partial charge in [0.05, 0.1) is 5.69 Å². The van der Waals surface area contributed by atoms with E-state index in [1.165, 1.54) is 6.92 Å². The predicted molar refractivity (Wildman–Crippen MR) is 65.3 cm³/mol. The number of carbonyl (C=O) groups excluding carboxylic acids is 1. The third kappa shape index (κ3) is 1.21. The quantitative estimate of drug-likeness (QED) is 0.786. The van der Waals surface area contributed by atoms with Crippen LogP contribution in [0.2, 0.25) is 0 Å². The van der Waals surface area contributed by atoms with E-state index in [-0.39, 0.29) is 5.78 Å². The zero-order chi connectivity index (χ0) is 11.1. The van der Waals surface area contributed by atoms with Crippen molar-refractivity contribution in [1.29, 1.82) is 0 Å². The van der Waals surface area contributed by atoms with Crippen molar-refractivity contribution in [3.63, 3.8) is 0 Å². The maximum absolute atomic E-state index is 11.3. The van der Waals surface area contributed by atoms with Crippen molar-refractivity contribution < 1.29 is 4.79 Å². The molecule has 0 aromatic heterocycles. The first kappa shape index (κ1) is 9.09. The Bertz CT molecular complexity index is 624. The first-order valence-electron chi connectivity index (χ1n) is 5.14. The maximum Gasteiger partial charge on any atom is 0.195 e. The summed E-state index contributed by atoms with van der Waals surface area (Å²) >= 11 is 0. The summed E-state index contributed by atoms with van der Waals surface area (Å²) in [7, 11) is 0. The van der Waals surface area contributed by atoms with Gasteiger partial charge in [0.1, 0.15) is 0 Å². The van der Waals surface area contributed by atoms with Crippen molar-refractivity contribution in [2.45, 2.75) is 6.92 Å². The monoisotopic (exact) mass is 210 g/mol. The Kier molecular flexibility index (Phi) is 1.80. The second kappa shape index (κ2) is 3.17. The topological polar surface area (TPSA) is 41.5 Å². The molecule has 3 heteroatoms. The van der Waals surface area contributed by atoms with E-state index in [1.54, 1.807) is 0 Å². The van der Waals surface area contributed by atoms with Crippen LogP contribution in [0.25, 0.3) is 10.8 Å². The summed E-state index contributed by atoms with van der Waals surface area (Å²) in [5.41, 5.74) is 1.81. The van der Waals surface area contributed by atoms with E-state index in [0.29, 0.717) is 5.84 Å². The molecule has 0 unspecified atom stereocenters. The molecule has 1 N–H and O–H groups in total. The van der Waals surface area contributed by atoms with Crippen LogP contribution in [0.4, 0.5) is 11.4 Å². The number of rotatable bonds is 1. The van der Waals surface area contributed by atoms with Crippen LogP contribution in [0.1, 0.15) is 6.92 Å². The average Bonchev–Trinajstić information content (AvgIpc) is 2.29. The zero-order valence-corrected chi connectivity index (χ0v) is 8.82. The fraction of sp³-hybridized carbons (Fsp3) is 0.0769. The van der Waals surface area contributed by atoms with E-state index < -0.39 is 0 Å². The smallest absolute Gasteiger partial charge is 0.195 e. The predicted octanol–water partition coefficient (Wildman–Crippen LogP) is 2.88. The SMILES string of the molecule is CC(=O)C1=Nc2cccc3cccc(c23)N1. The number of anilines is 1. The van der Waals surface area contributed by atoms with Crippen LogP contribution < -0.4 is 5.32 Å². The molecule has 1 aliphatic rings.